The Balaban J connectivity index is 1.61. The fraction of sp³-hybridized carbons (Fsp3) is 0.350. The summed E-state index contributed by atoms with van der Waals surface area (Å²) in [6.07, 6.45) is 5.84. The molecule has 3 rings (SSSR count). The van der Waals surface area contributed by atoms with Gasteiger partial charge in [0.1, 0.15) is 5.69 Å². The minimum Gasteiger partial charge on any atom is -0.348 e. The molecule has 2 N–H and O–H groups in total. The Morgan fingerprint density at radius 2 is 1.92 bits per heavy atom. The predicted octanol–water partition coefficient (Wildman–Crippen LogP) is 2.99. The van der Waals surface area contributed by atoms with Gasteiger partial charge in [-0.25, -0.2) is 0 Å². The molecule has 1 aromatic heterocycles. The SMILES string of the molecule is Cc1cccc(CNC(=O)c2ccnc(C(=O)NC3CCCC3)c2)c1. The number of carbonyl (C=O) groups excluding carboxylic acids is 2. The standard InChI is InChI=1S/C20H23N3O2/c1-14-5-4-6-15(11-14)13-22-19(24)16-9-10-21-18(12-16)20(25)23-17-7-2-3-8-17/h4-6,9-12,17H,2-3,7-8,13H2,1H3,(H,22,24)(H,23,25). The number of hydrogen-bond donors (Lipinski definition) is 2. The molecule has 1 aromatic carbocycles. The van der Waals surface area contributed by atoms with Crippen LogP contribution in [0.5, 0.6) is 0 Å². The fourth-order valence-corrected chi connectivity index (χ4v) is 3.13. The van der Waals surface area contributed by atoms with Crippen LogP contribution < -0.4 is 10.6 Å². The normalized spacial score (nSPS) is 14.3. The van der Waals surface area contributed by atoms with Gasteiger partial charge in [0.15, 0.2) is 0 Å². The molecule has 1 saturated carbocycles. The van der Waals surface area contributed by atoms with Gasteiger partial charge in [-0.05, 0) is 37.5 Å². The Hall–Kier alpha value is -2.69. The number of benzene rings is 1. The van der Waals surface area contributed by atoms with E-state index in [0.29, 0.717) is 12.1 Å². The summed E-state index contributed by atoms with van der Waals surface area (Å²) in [7, 11) is 0. The first-order chi connectivity index (χ1) is 12.1. The van der Waals surface area contributed by atoms with Crippen LogP contribution in [0.1, 0.15) is 57.7 Å². The molecule has 1 aliphatic carbocycles. The molecule has 25 heavy (non-hydrogen) atoms. The van der Waals surface area contributed by atoms with E-state index in [0.717, 1.165) is 36.8 Å². The van der Waals surface area contributed by atoms with Crippen molar-refractivity contribution in [1.29, 1.82) is 0 Å². The summed E-state index contributed by atoms with van der Waals surface area (Å²) >= 11 is 0. The first-order valence-corrected chi connectivity index (χ1v) is 8.72. The van der Waals surface area contributed by atoms with Crippen molar-refractivity contribution in [3.63, 3.8) is 0 Å². The summed E-state index contributed by atoms with van der Waals surface area (Å²) in [4.78, 5) is 28.7. The van der Waals surface area contributed by atoms with Gasteiger partial charge in [-0.2, -0.15) is 0 Å². The Bertz CT molecular complexity index is 767. The van der Waals surface area contributed by atoms with E-state index in [2.05, 4.69) is 15.6 Å². The van der Waals surface area contributed by atoms with E-state index in [-0.39, 0.29) is 23.6 Å². The van der Waals surface area contributed by atoms with Gasteiger partial charge >= 0.3 is 0 Å². The van der Waals surface area contributed by atoms with Gasteiger partial charge in [0.2, 0.25) is 0 Å². The van der Waals surface area contributed by atoms with Crippen molar-refractivity contribution in [1.82, 2.24) is 15.6 Å². The number of hydrogen-bond acceptors (Lipinski definition) is 3. The molecule has 5 heteroatoms. The van der Waals surface area contributed by atoms with Crippen LogP contribution in [0.15, 0.2) is 42.6 Å². The minimum atomic E-state index is -0.209. The molecule has 0 aliphatic heterocycles. The summed E-state index contributed by atoms with van der Waals surface area (Å²) in [5.74, 6) is -0.418. The molecule has 130 valence electrons. The van der Waals surface area contributed by atoms with Crippen molar-refractivity contribution in [2.75, 3.05) is 0 Å². The predicted molar refractivity (Wildman–Crippen MR) is 96.3 cm³/mol. The monoisotopic (exact) mass is 337 g/mol. The highest BCUT2D eigenvalue weighted by Crippen LogP contribution is 2.18. The zero-order chi connectivity index (χ0) is 17.6. The van der Waals surface area contributed by atoms with E-state index < -0.39 is 0 Å². The van der Waals surface area contributed by atoms with Crippen LogP contribution in [-0.4, -0.2) is 22.8 Å². The maximum atomic E-state index is 12.4. The highest BCUT2D eigenvalue weighted by molar-refractivity contribution is 5.98. The number of aryl methyl sites for hydroxylation is 1. The molecule has 1 heterocycles. The third-order valence-electron chi connectivity index (χ3n) is 4.48. The smallest absolute Gasteiger partial charge is 0.270 e. The van der Waals surface area contributed by atoms with Gasteiger partial charge in [-0.15, -0.1) is 0 Å². The quantitative estimate of drug-likeness (QED) is 0.881. The summed E-state index contributed by atoms with van der Waals surface area (Å²) < 4.78 is 0. The molecule has 2 amide bonds. The molecule has 0 bridgehead atoms. The van der Waals surface area contributed by atoms with Gasteiger partial charge in [0.25, 0.3) is 11.8 Å². The lowest BCUT2D eigenvalue weighted by Gasteiger charge is -2.12. The van der Waals surface area contributed by atoms with Gasteiger partial charge in [-0.1, -0.05) is 42.7 Å². The van der Waals surface area contributed by atoms with E-state index in [9.17, 15) is 9.59 Å². The highest BCUT2D eigenvalue weighted by atomic mass is 16.2. The van der Waals surface area contributed by atoms with E-state index in [1.54, 1.807) is 12.1 Å². The lowest BCUT2D eigenvalue weighted by molar-refractivity contribution is 0.0933. The van der Waals surface area contributed by atoms with Crippen LogP contribution in [0, 0.1) is 6.92 Å². The van der Waals surface area contributed by atoms with Crippen LogP contribution in [0.25, 0.3) is 0 Å². The van der Waals surface area contributed by atoms with Crippen LogP contribution in [-0.2, 0) is 6.54 Å². The largest absolute Gasteiger partial charge is 0.348 e. The molecular weight excluding hydrogens is 314 g/mol. The molecule has 1 fully saturated rings. The second kappa shape index (κ2) is 7.92. The van der Waals surface area contributed by atoms with E-state index >= 15 is 0 Å². The van der Waals surface area contributed by atoms with Crippen LogP contribution in [0.3, 0.4) is 0 Å². The molecule has 1 aliphatic rings. The average molecular weight is 337 g/mol. The van der Waals surface area contributed by atoms with E-state index in [1.165, 1.54) is 6.20 Å². The molecular formula is C20H23N3O2. The molecule has 0 unspecified atom stereocenters. The maximum Gasteiger partial charge on any atom is 0.270 e. The Morgan fingerprint density at radius 1 is 1.12 bits per heavy atom. The third kappa shape index (κ3) is 4.66. The molecule has 0 radical (unpaired) electrons. The number of rotatable bonds is 5. The first-order valence-electron chi connectivity index (χ1n) is 8.72. The van der Waals surface area contributed by atoms with Gasteiger partial charge in [0.05, 0.1) is 0 Å². The van der Waals surface area contributed by atoms with Gasteiger partial charge in [-0.3, -0.25) is 14.6 Å². The summed E-state index contributed by atoms with van der Waals surface area (Å²) in [5.41, 5.74) is 2.93. The second-order valence-electron chi connectivity index (χ2n) is 6.56. The number of carbonyl (C=O) groups is 2. The number of amides is 2. The fourth-order valence-electron chi connectivity index (χ4n) is 3.13. The van der Waals surface area contributed by atoms with Crippen LogP contribution in [0.2, 0.25) is 0 Å². The van der Waals surface area contributed by atoms with Gasteiger partial charge in [0, 0.05) is 24.3 Å². The first kappa shape index (κ1) is 17.1. The van der Waals surface area contributed by atoms with Crippen molar-refractivity contribution < 1.29 is 9.59 Å². The molecule has 0 spiro atoms. The number of aromatic nitrogens is 1. The zero-order valence-electron chi connectivity index (χ0n) is 14.4. The van der Waals surface area contributed by atoms with Crippen molar-refractivity contribution in [2.24, 2.45) is 0 Å². The third-order valence-corrected chi connectivity index (χ3v) is 4.48. The lowest BCUT2D eigenvalue weighted by atomic mass is 10.1. The van der Waals surface area contributed by atoms with Crippen molar-refractivity contribution in [2.45, 2.75) is 45.2 Å². The summed E-state index contributed by atoms with van der Waals surface area (Å²) in [5, 5.41) is 5.88. The Morgan fingerprint density at radius 3 is 2.68 bits per heavy atom. The van der Waals surface area contributed by atoms with Crippen molar-refractivity contribution in [3.8, 4) is 0 Å². The topological polar surface area (TPSA) is 71.1 Å². The molecule has 5 nitrogen and oxygen atoms in total. The van der Waals surface area contributed by atoms with E-state index in [4.69, 9.17) is 0 Å². The number of pyridine rings is 1. The molecule has 2 aromatic rings. The summed E-state index contributed by atoms with van der Waals surface area (Å²) in [6.45, 7) is 2.47. The average Bonchev–Trinajstić information content (AvgIpc) is 3.13. The van der Waals surface area contributed by atoms with Crippen LogP contribution in [0.4, 0.5) is 0 Å². The second-order valence-corrected chi connectivity index (χ2v) is 6.56. The Kier molecular flexibility index (Phi) is 5.43. The van der Waals surface area contributed by atoms with Crippen LogP contribution >= 0.6 is 0 Å². The van der Waals surface area contributed by atoms with E-state index in [1.807, 2.05) is 31.2 Å². The number of nitrogens with zero attached hydrogens (tertiary/aromatic N) is 1. The van der Waals surface area contributed by atoms with Crippen molar-refractivity contribution in [3.05, 3.63) is 65.0 Å². The summed E-state index contributed by atoms with van der Waals surface area (Å²) in [6, 6.07) is 11.4. The van der Waals surface area contributed by atoms with Gasteiger partial charge < -0.3 is 10.6 Å². The number of nitrogens with one attached hydrogen (secondary N) is 2. The van der Waals surface area contributed by atoms with Crippen molar-refractivity contribution >= 4 is 11.8 Å². The molecule has 0 atom stereocenters. The molecule has 0 saturated heterocycles. The minimum absolute atomic E-state index is 0.208. The highest BCUT2D eigenvalue weighted by Gasteiger charge is 2.19. The zero-order valence-corrected chi connectivity index (χ0v) is 14.4. The lowest BCUT2D eigenvalue weighted by Crippen LogP contribution is -2.33. The maximum absolute atomic E-state index is 12.4. The Labute approximate surface area is 147 Å².